The van der Waals surface area contributed by atoms with Gasteiger partial charge in [0.2, 0.25) is 0 Å². The molecule has 3 aromatic rings. The molecule has 1 fully saturated rings. The fourth-order valence-corrected chi connectivity index (χ4v) is 9.07. The first kappa shape index (κ1) is 20.1. The standard InChI is InChI=1S/C27H33NSi/c1-21(2)17-25-19-26(28-20-27(25)29(3)15-8-5-9-16-29)24-14-10-13-23(18-24)22-11-6-4-7-12-22/h4,6-7,10-14,18-21H,5,8-9,15-17H2,1-3H3. The normalized spacial score (nSPS) is 16.1. The molecule has 150 valence electrons. The van der Waals surface area contributed by atoms with Crippen LogP contribution in [0.15, 0.2) is 66.9 Å². The summed E-state index contributed by atoms with van der Waals surface area (Å²) in [6, 6.07) is 24.7. The minimum absolute atomic E-state index is 0.667. The van der Waals surface area contributed by atoms with Crippen molar-refractivity contribution in [3.8, 4) is 22.4 Å². The number of pyridine rings is 1. The number of hydrogen-bond acceptors (Lipinski definition) is 1. The smallest absolute Gasteiger partial charge is 0.0860 e. The summed E-state index contributed by atoms with van der Waals surface area (Å²) in [5.41, 5.74) is 6.42. The molecule has 0 unspecified atom stereocenters. The molecule has 0 aliphatic carbocycles. The Morgan fingerprint density at radius 2 is 1.52 bits per heavy atom. The quantitative estimate of drug-likeness (QED) is 0.418. The van der Waals surface area contributed by atoms with Gasteiger partial charge < -0.3 is 0 Å². The Labute approximate surface area is 177 Å². The highest BCUT2D eigenvalue weighted by Crippen LogP contribution is 2.31. The Hall–Kier alpha value is -2.19. The summed E-state index contributed by atoms with van der Waals surface area (Å²) in [5, 5.41) is 1.63. The second kappa shape index (κ2) is 8.67. The summed E-state index contributed by atoms with van der Waals surface area (Å²) < 4.78 is 0. The van der Waals surface area contributed by atoms with Gasteiger partial charge in [0, 0.05) is 11.8 Å². The average Bonchev–Trinajstić information content (AvgIpc) is 2.74. The van der Waals surface area contributed by atoms with Crippen molar-refractivity contribution in [2.45, 2.75) is 58.2 Å². The molecule has 0 spiro atoms. The summed E-state index contributed by atoms with van der Waals surface area (Å²) in [6.07, 6.45) is 7.65. The molecule has 0 saturated carbocycles. The van der Waals surface area contributed by atoms with Gasteiger partial charge in [-0.15, -0.1) is 0 Å². The van der Waals surface area contributed by atoms with Crippen LogP contribution in [-0.4, -0.2) is 13.1 Å². The topological polar surface area (TPSA) is 12.9 Å². The molecule has 1 nitrogen and oxygen atoms in total. The molecule has 0 N–H and O–H groups in total. The molecule has 1 saturated heterocycles. The zero-order valence-electron chi connectivity index (χ0n) is 18.1. The van der Waals surface area contributed by atoms with Crippen molar-refractivity contribution in [1.82, 2.24) is 4.98 Å². The van der Waals surface area contributed by atoms with Gasteiger partial charge in [-0.3, -0.25) is 4.98 Å². The summed E-state index contributed by atoms with van der Waals surface area (Å²) in [6.45, 7) is 7.28. The molecule has 29 heavy (non-hydrogen) atoms. The summed E-state index contributed by atoms with van der Waals surface area (Å²) in [5.74, 6) is 0.667. The third kappa shape index (κ3) is 4.53. The summed E-state index contributed by atoms with van der Waals surface area (Å²) in [4.78, 5) is 5.01. The lowest BCUT2D eigenvalue weighted by Crippen LogP contribution is -2.48. The van der Waals surface area contributed by atoms with E-state index in [-0.39, 0.29) is 0 Å². The van der Waals surface area contributed by atoms with E-state index in [9.17, 15) is 0 Å². The van der Waals surface area contributed by atoms with Gasteiger partial charge in [0.15, 0.2) is 0 Å². The molecule has 1 aliphatic heterocycles. The van der Waals surface area contributed by atoms with E-state index in [1.54, 1.807) is 10.8 Å². The van der Waals surface area contributed by atoms with E-state index in [0.29, 0.717) is 5.92 Å². The van der Waals surface area contributed by atoms with Gasteiger partial charge in [-0.2, -0.15) is 0 Å². The molecular weight excluding hydrogens is 366 g/mol. The third-order valence-electron chi connectivity index (χ3n) is 6.49. The Balaban J connectivity index is 1.73. The molecule has 2 aromatic carbocycles. The van der Waals surface area contributed by atoms with Gasteiger partial charge in [0.25, 0.3) is 0 Å². The van der Waals surface area contributed by atoms with Crippen molar-refractivity contribution in [3.63, 3.8) is 0 Å². The van der Waals surface area contributed by atoms with Crippen LogP contribution in [0.4, 0.5) is 0 Å². The van der Waals surface area contributed by atoms with Gasteiger partial charge in [0.1, 0.15) is 0 Å². The molecule has 0 atom stereocenters. The average molecular weight is 400 g/mol. The van der Waals surface area contributed by atoms with Gasteiger partial charge >= 0.3 is 0 Å². The van der Waals surface area contributed by atoms with Crippen molar-refractivity contribution in [1.29, 1.82) is 0 Å². The maximum Gasteiger partial charge on any atom is 0.0860 e. The highest BCUT2D eigenvalue weighted by atomic mass is 28.3. The Morgan fingerprint density at radius 1 is 0.828 bits per heavy atom. The number of aromatic nitrogens is 1. The van der Waals surface area contributed by atoms with Crippen molar-refractivity contribution < 1.29 is 0 Å². The van der Waals surface area contributed by atoms with E-state index >= 15 is 0 Å². The predicted molar refractivity (Wildman–Crippen MR) is 128 cm³/mol. The van der Waals surface area contributed by atoms with Crippen LogP contribution in [-0.2, 0) is 6.42 Å². The van der Waals surface area contributed by atoms with E-state index in [2.05, 4.69) is 87.3 Å². The Morgan fingerprint density at radius 3 is 2.24 bits per heavy atom. The lowest BCUT2D eigenvalue weighted by Gasteiger charge is -2.34. The van der Waals surface area contributed by atoms with Gasteiger partial charge in [0.05, 0.1) is 13.8 Å². The Bertz CT molecular complexity index is 955. The zero-order chi connectivity index (χ0) is 20.3. The molecule has 4 rings (SSSR count). The number of benzene rings is 2. The highest BCUT2D eigenvalue weighted by Gasteiger charge is 2.33. The maximum absolute atomic E-state index is 5.01. The molecule has 0 radical (unpaired) electrons. The first-order valence-electron chi connectivity index (χ1n) is 11.2. The van der Waals surface area contributed by atoms with Crippen molar-refractivity contribution in [3.05, 3.63) is 72.4 Å². The molecule has 1 aliphatic rings. The first-order chi connectivity index (χ1) is 14.0. The minimum atomic E-state index is -1.37. The summed E-state index contributed by atoms with van der Waals surface area (Å²) >= 11 is 0. The second-order valence-electron chi connectivity index (χ2n) is 9.39. The van der Waals surface area contributed by atoms with Crippen molar-refractivity contribution >= 4 is 13.3 Å². The third-order valence-corrected chi connectivity index (χ3v) is 11.2. The number of hydrogen-bond donors (Lipinski definition) is 0. The molecule has 0 bridgehead atoms. The second-order valence-corrected chi connectivity index (χ2v) is 14.1. The lowest BCUT2D eigenvalue weighted by atomic mass is 9.99. The maximum atomic E-state index is 5.01. The number of nitrogens with zero attached hydrogens (tertiary/aromatic N) is 1. The summed E-state index contributed by atoms with van der Waals surface area (Å²) in [7, 11) is -1.37. The lowest BCUT2D eigenvalue weighted by molar-refractivity contribution is 0.648. The van der Waals surface area contributed by atoms with E-state index < -0.39 is 8.07 Å². The van der Waals surface area contributed by atoms with Crippen LogP contribution >= 0.6 is 0 Å². The van der Waals surface area contributed by atoms with Crippen LogP contribution in [0.5, 0.6) is 0 Å². The molecule has 2 heteroatoms. The van der Waals surface area contributed by atoms with Crippen LogP contribution < -0.4 is 5.19 Å². The van der Waals surface area contributed by atoms with Crippen molar-refractivity contribution in [2.24, 2.45) is 5.92 Å². The molecular formula is C27H33NSi. The fraction of sp³-hybridized carbons (Fsp3) is 0.370. The van der Waals surface area contributed by atoms with Crippen molar-refractivity contribution in [2.75, 3.05) is 0 Å². The zero-order valence-corrected chi connectivity index (χ0v) is 19.1. The van der Waals surface area contributed by atoms with E-state index in [0.717, 1.165) is 12.1 Å². The molecule has 2 heterocycles. The molecule has 1 aromatic heterocycles. The SMILES string of the molecule is CC(C)Cc1cc(-c2cccc(-c3ccccc3)c2)ncc1[Si]1(C)CCCCC1. The van der Waals surface area contributed by atoms with Gasteiger partial charge in [-0.1, -0.05) is 100 Å². The number of rotatable bonds is 5. The minimum Gasteiger partial charge on any atom is -0.256 e. The molecule has 0 amide bonds. The van der Waals surface area contributed by atoms with Crippen LogP contribution in [0.25, 0.3) is 22.4 Å². The first-order valence-corrected chi connectivity index (χ1v) is 14.1. The van der Waals surface area contributed by atoms with E-state index in [1.807, 2.05) is 0 Å². The van der Waals surface area contributed by atoms with Crippen LogP contribution in [0.1, 0.15) is 38.7 Å². The largest absolute Gasteiger partial charge is 0.256 e. The van der Waals surface area contributed by atoms with Gasteiger partial charge in [-0.25, -0.2) is 0 Å². The van der Waals surface area contributed by atoms with E-state index in [1.165, 1.54) is 48.0 Å². The van der Waals surface area contributed by atoms with Crippen LogP contribution in [0.3, 0.4) is 0 Å². The Kier molecular flexibility index (Phi) is 6.01. The predicted octanol–water partition coefficient (Wildman–Crippen LogP) is 7.08. The highest BCUT2D eigenvalue weighted by molar-refractivity contribution is 6.91. The van der Waals surface area contributed by atoms with Gasteiger partial charge in [-0.05, 0) is 46.3 Å². The van der Waals surface area contributed by atoms with Crippen LogP contribution in [0, 0.1) is 5.92 Å². The fourth-order valence-electron chi connectivity index (χ4n) is 4.90. The van der Waals surface area contributed by atoms with E-state index in [4.69, 9.17) is 4.98 Å². The van der Waals surface area contributed by atoms with Crippen LogP contribution in [0.2, 0.25) is 18.6 Å². The monoisotopic (exact) mass is 399 g/mol.